The molecule has 0 bridgehead atoms. The van der Waals surface area contributed by atoms with Gasteiger partial charge in [0.15, 0.2) is 0 Å². The van der Waals surface area contributed by atoms with Crippen molar-refractivity contribution < 1.29 is 9.90 Å². The second kappa shape index (κ2) is 2.89. The van der Waals surface area contributed by atoms with Crippen LogP contribution in [0.4, 0.5) is 4.79 Å². The Bertz CT molecular complexity index is 216. The summed E-state index contributed by atoms with van der Waals surface area (Å²) >= 11 is 0. The van der Waals surface area contributed by atoms with Crippen LogP contribution in [0.2, 0.25) is 0 Å². The van der Waals surface area contributed by atoms with Gasteiger partial charge in [0.2, 0.25) is 0 Å². The lowest BCUT2D eigenvalue weighted by atomic mass is 9.78. The Hall–Kier alpha value is -0.730. The maximum atomic E-state index is 8.78. The minimum absolute atomic E-state index is 0.664. The Morgan fingerprint density at radius 1 is 1.46 bits per heavy atom. The van der Waals surface area contributed by atoms with Crippen LogP contribution in [0.15, 0.2) is 0 Å². The lowest BCUT2D eigenvalue weighted by Crippen LogP contribution is -2.18. The van der Waals surface area contributed by atoms with Gasteiger partial charge >= 0.3 is 6.09 Å². The Morgan fingerprint density at radius 2 is 1.92 bits per heavy atom. The number of fused-ring (bicyclic) bond motifs is 1. The molecular formula is C10H19NO2. The van der Waals surface area contributed by atoms with E-state index in [0.29, 0.717) is 5.41 Å². The molecule has 0 aromatic heterocycles. The van der Waals surface area contributed by atoms with Crippen molar-refractivity contribution in [3.05, 3.63) is 0 Å². The maximum absolute atomic E-state index is 8.78. The Morgan fingerprint density at radius 3 is 2.00 bits per heavy atom. The highest BCUT2D eigenvalue weighted by atomic mass is 16.4. The van der Waals surface area contributed by atoms with E-state index in [2.05, 4.69) is 26.5 Å². The molecule has 1 amide bonds. The van der Waals surface area contributed by atoms with Gasteiger partial charge in [-0.25, -0.2) is 4.79 Å². The molecule has 0 aliphatic heterocycles. The summed E-state index contributed by atoms with van der Waals surface area (Å²) in [7, 11) is 0. The number of carbonyl (C=O) groups is 1. The monoisotopic (exact) mass is 185 g/mol. The molecule has 2 aliphatic rings. The standard InChI is InChI=1S/C9H16.CH3NO2/c1-8(2)5-4-7-6-9(7,8)3;2-1(3)4/h7H,4-6H2,1-3H3;2H2,(H,3,4). The summed E-state index contributed by atoms with van der Waals surface area (Å²) in [5.74, 6) is 1.10. The molecule has 76 valence electrons. The third kappa shape index (κ3) is 1.79. The normalized spacial score (nSPS) is 38.5. The van der Waals surface area contributed by atoms with Crippen LogP contribution in [0.3, 0.4) is 0 Å². The Balaban J connectivity index is 0.000000184. The smallest absolute Gasteiger partial charge is 0.402 e. The molecule has 0 saturated heterocycles. The number of primary amides is 1. The van der Waals surface area contributed by atoms with E-state index in [1.165, 1.54) is 19.3 Å². The molecule has 2 atom stereocenters. The van der Waals surface area contributed by atoms with Gasteiger partial charge in [-0.3, -0.25) is 0 Å². The van der Waals surface area contributed by atoms with Gasteiger partial charge in [-0.15, -0.1) is 0 Å². The third-order valence-corrected chi connectivity index (χ3v) is 4.08. The van der Waals surface area contributed by atoms with Crippen LogP contribution in [0.1, 0.15) is 40.0 Å². The number of carboxylic acid groups (broad SMARTS) is 1. The van der Waals surface area contributed by atoms with Gasteiger partial charge in [-0.2, -0.15) is 0 Å². The van der Waals surface area contributed by atoms with Crippen molar-refractivity contribution >= 4 is 6.09 Å². The molecule has 0 aromatic carbocycles. The first-order valence-corrected chi connectivity index (χ1v) is 4.78. The number of rotatable bonds is 0. The Labute approximate surface area is 79.3 Å². The van der Waals surface area contributed by atoms with E-state index in [1.54, 1.807) is 0 Å². The predicted molar refractivity (Wildman–Crippen MR) is 51.4 cm³/mol. The quantitative estimate of drug-likeness (QED) is 0.609. The number of hydrogen-bond donors (Lipinski definition) is 2. The maximum Gasteiger partial charge on any atom is 0.402 e. The number of amides is 1. The van der Waals surface area contributed by atoms with Crippen LogP contribution in [-0.2, 0) is 0 Å². The van der Waals surface area contributed by atoms with E-state index in [1.807, 2.05) is 0 Å². The van der Waals surface area contributed by atoms with Crippen molar-refractivity contribution in [2.45, 2.75) is 40.0 Å². The molecule has 2 aliphatic carbocycles. The summed E-state index contributed by atoms with van der Waals surface area (Å²) in [6, 6.07) is 0. The fourth-order valence-electron chi connectivity index (χ4n) is 2.52. The van der Waals surface area contributed by atoms with Crippen LogP contribution in [0.25, 0.3) is 0 Å². The highest BCUT2D eigenvalue weighted by molar-refractivity contribution is 5.61. The third-order valence-electron chi connectivity index (χ3n) is 4.08. The zero-order chi connectivity index (χ0) is 10.3. The molecule has 3 nitrogen and oxygen atoms in total. The van der Waals surface area contributed by atoms with Crippen LogP contribution >= 0.6 is 0 Å². The van der Waals surface area contributed by atoms with Crippen LogP contribution in [0, 0.1) is 16.7 Å². The van der Waals surface area contributed by atoms with Gasteiger partial charge in [0.25, 0.3) is 0 Å². The van der Waals surface area contributed by atoms with Gasteiger partial charge in [-0.1, -0.05) is 20.8 Å². The van der Waals surface area contributed by atoms with E-state index >= 15 is 0 Å². The summed E-state index contributed by atoms with van der Waals surface area (Å²) in [5, 5.41) is 7.19. The van der Waals surface area contributed by atoms with Crippen molar-refractivity contribution in [1.29, 1.82) is 0 Å². The van der Waals surface area contributed by atoms with Crippen molar-refractivity contribution in [2.24, 2.45) is 22.5 Å². The predicted octanol–water partition coefficient (Wildman–Crippen LogP) is 2.46. The van der Waals surface area contributed by atoms with E-state index in [4.69, 9.17) is 9.90 Å². The summed E-state index contributed by atoms with van der Waals surface area (Å²) in [4.78, 5) is 8.78. The lowest BCUT2D eigenvalue weighted by molar-refractivity contribution is 0.205. The average molecular weight is 185 g/mol. The minimum Gasteiger partial charge on any atom is -0.465 e. The van der Waals surface area contributed by atoms with E-state index in [9.17, 15) is 0 Å². The average Bonchev–Trinajstić information content (AvgIpc) is 2.52. The largest absolute Gasteiger partial charge is 0.465 e. The van der Waals surface area contributed by atoms with Crippen LogP contribution < -0.4 is 5.73 Å². The molecule has 13 heavy (non-hydrogen) atoms. The molecular weight excluding hydrogens is 166 g/mol. The first-order valence-electron chi connectivity index (χ1n) is 4.78. The highest BCUT2D eigenvalue weighted by Crippen LogP contribution is 2.71. The Kier molecular flexibility index (Phi) is 2.30. The molecule has 0 aromatic rings. The highest BCUT2D eigenvalue weighted by Gasteiger charge is 2.62. The van der Waals surface area contributed by atoms with Crippen molar-refractivity contribution in [3.8, 4) is 0 Å². The SMILES string of the molecule is CC1(C)CCC2CC21C.NC(=O)O. The summed E-state index contributed by atoms with van der Waals surface area (Å²) in [5.41, 5.74) is 5.45. The zero-order valence-electron chi connectivity index (χ0n) is 8.63. The number of nitrogens with two attached hydrogens (primary N) is 1. The van der Waals surface area contributed by atoms with Crippen molar-refractivity contribution in [2.75, 3.05) is 0 Å². The molecule has 2 saturated carbocycles. The van der Waals surface area contributed by atoms with Gasteiger partial charge < -0.3 is 10.8 Å². The first-order chi connectivity index (χ1) is 5.79. The van der Waals surface area contributed by atoms with Crippen LogP contribution in [0.5, 0.6) is 0 Å². The minimum atomic E-state index is -1.33. The summed E-state index contributed by atoms with van der Waals surface area (Å²) in [6.45, 7) is 7.32. The topological polar surface area (TPSA) is 63.3 Å². The summed E-state index contributed by atoms with van der Waals surface area (Å²) in [6.07, 6.45) is 3.15. The zero-order valence-corrected chi connectivity index (χ0v) is 8.63. The van der Waals surface area contributed by atoms with Crippen molar-refractivity contribution in [1.82, 2.24) is 0 Å². The molecule has 2 fully saturated rings. The number of hydrogen-bond acceptors (Lipinski definition) is 1. The van der Waals surface area contributed by atoms with Gasteiger partial charge in [0, 0.05) is 0 Å². The van der Waals surface area contributed by atoms with E-state index in [-0.39, 0.29) is 0 Å². The molecule has 2 rings (SSSR count). The fourth-order valence-corrected chi connectivity index (χ4v) is 2.52. The second-order valence-electron chi connectivity index (χ2n) is 5.08. The fraction of sp³-hybridized carbons (Fsp3) is 0.900. The van der Waals surface area contributed by atoms with E-state index in [0.717, 1.165) is 11.3 Å². The molecule has 0 radical (unpaired) electrons. The van der Waals surface area contributed by atoms with Gasteiger partial charge in [0.05, 0.1) is 0 Å². The molecule has 3 N–H and O–H groups in total. The van der Waals surface area contributed by atoms with Crippen LogP contribution in [-0.4, -0.2) is 11.2 Å². The molecule has 2 unspecified atom stereocenters. The first kappa shape index (κ1) is 10.4. The summed E-state index contributed by atoms with van der Waals surface area (Å²) < 4.78 is 0. The van der Waals surface area contributed by atoms with E-state index < -0.39 is 6.09 Å². The van der Waals surface area contributed by atoms with Crippen molar-refractivity contribution in [3.63, 3.8) is 0 Å². The lowest BCUT2D eigenvalue weighted by Gasteiger charge is -2.27. The second-order valence-corrected chi connectivity index (χ2v) is 5.08. The molecule has 0 heterocycles. The van der Waals surface area contributed by atoms with Gasteiger partial charge in [0.1, 0.15) is 0 Å². The van der Waals surface area contributed by atoms with Gasteiger partial charge in [-0.05, 0) is 36.0 Å². The molecule has 0 spiro atoms. The molecule has 3 heteroatoms.